The molecule has 1 aromatic heterocycles. The molecular weight excluding hydrogens is 304 g/mol. The molecule has 1 saturated heterocycles. The highest BCUT2D eigenvalue weighted by atomic mass is 16.5. The van der Waals surface area contributed by atoms with Gasteiger partial charge in [-0.1, -0.05) is 6.07 Å². The Morgan fingerprint density at radius 1 is 1.04 bits per heavy atom. The Morgan fingerprint density at radius 3 is 2.38 bits per heavy atom. The minimum absolute atomic E-state index is 0.0766. The van der Waals surface area contributed by atoms with Crippen LogP contribution in [0.15, 0.2) is 24.3 Å². The van der Waals surface area contributed by atoms with Crippen molar-refractivity contribution in [3.63, 3.8) is 0 Å². The predicted molar refractivity (Wildman–Crippen MR) is 92.7 cm³/mol. The number of nitrogens with zero attached hydrogens (tertiary/aromatic N) is 3. The van der Waals surface area contributed by atoms with Crippen LogP contribution in [0.5, 0.6) is 0 Å². The first-order valence-corrected chi connectivity index (χ1v) is 8.09. The van der Waals surface area contributed by atoms with Crippen LogP contribution in [0.2, 0.25) is 0 Å². The second-order valence-corrected chi connectivity index (χ2v) is 6.09. The summed E-state index contributed by atoms with van der Waals surface area (Å²) in [4.78, 5) is 23.1. The molecule has 1 N–H and O–H groups in total. The Hall–Kier alpha value is -2.47. The molecule has 0 aliphatic carbocycles. The van der Waals surface area contributed by atoms with Crippen molar-refractivity contribution in [2.45, 2.75) is 20.8 Å². The lowest BCUT2D eigenvalue weighted by Crippen LogP contribution is -2.41. The van der Waals surface area contributed by atoms with Crippen LogP contribution in [0.4, 0.5) is 11.5 Å². The third-order valence-electron chi connectivity index (χ3n) is 3.85. The zero-order valence-electron chi connectivity index (χ0n) is 14.3. The minimum atomic E-state index is -0.0766. The van der Waals surface area contributed by atoms with Gasteiger partial charge in [-0.25, -0.2) is 9.97 Å². The van der Waals surface area contributed by atoms with Gasteiger partial charge in [0, 0.05) is 24.8 Å². The lowest BCUT2D eigenvalue weighted by atomic mass is 10.1. The number of amides is 1. The van der Waals surface area contributed by atoms with E-state index in [0.29, 0.717) is 43.6 Å². The zero-order chi connectivity index (χ0) is 17.1. The highest BCUT2D eigenvalue weighted by molar-refractivity contribution is 5.93. The van der Waals surface area contributed by atoms with E-state index in [4.69, 9.17) is 4.74 Å². The number of carbonyl (C=O) groups excluding carboxylic acids is 1. The van der Waals surface area contributed by atoms with Crippen LogP contribution in [-0.2, 0) is 4.74 Å². The summed E-state index contributed by atoms with van der Waals surface area (Å²) in [6.45, 7) is 8.24. The quantitative estimate of drug-likeness (QED) is 0.939. The number of nitrogens with one attached hydrogen (secondary N) is 1. The third-order valence-corrected chi connectivity index (χ3v) is 3.85. The van der Waals surface area contributed by atoms with Crippen molar-refractivity contribution in [3.05, 3.63) is 46.9 Å². The molecule has 0 spiro atoms. The van der Waals surface area contributed by atoms with Gasteiger partial charge in [0.25, 0.3) is 5.91 Å². The molecule has 6 heteroatoms. The Balaban J connectivity index is 1.84. The van der Waals surface area contributed by atoms with Gasteiger partial charge in [-0.15, -0.1) is 0 Å². The maximum atomic E-state index is 12.6. The molecule has 1 fully saturated rings. The second-order valence-electron chi connectivity index (χ2n) is 6.09. The molecule has 6 nitrogen and oxygen atoms in total. The number of hydrogen-bond donors (Lipinski definition) is 1. The fourth-order valence-corrected chi connectivity index (χ4v) is 2.86. The van der Waals surface area contributed by atoms with Gasteiger partial charge < -0.3 is 15.0 Å². The lowest BCUT2D eigenvalue weighted by Gasteiger charge is -2.26. The highest BCUT2D eigenvalue weighted by Crippen LogP contribution is 2.19. The fourth-order valence-electron chi connectivity index (χ4n) is 2.86. The monoisotopic (exact) mass is 326 g/mol. The van der Waals surface area contributed by atoms with E-state index in [-0.39, 0.29) is 5.91 Å². The molecule has 1 aromatic carbocycles. The van der Waals surface area contributed by atoms with E-state index in [1.54, 1.807) is 17.9 Å². The normalized spacial score (nSPS) is 14.5. The topological polar surface area (TPSA) is 67.4 Å². The summed E-state index contributed by atoms with van der Waals surface area (Å²) < 4.78 is 5.30. The van der Waals surface area contributed by atoms with E-state index in [9.17, 15) is 4.79 Å². The number of benzene rings is 1. The van der Waals surface area contributed by atoms with Gasteiger partial charge in [-0.3, -0.25) is 4.79 Å². The van der Waals surface area contributed by atoms with Gasteiger partial charge >= 0.3 is 0 Å². The molecule has 2 heterocycles. The van der Waals surface area contributed by atoms with E-state index in [0.717, 1.165) is 5.69 Å². The predicted octanol–water partition coefficient (Wildman–Crippen LogP) is 2.62. The summed E-state index contributed by atoms with van der Waals surface area (Å²) in [6, 6.07) is 7.92. The molecule has 0 saturated carbocycles. The first kappa shape index (κ1) is 16.4. The van der Waals surface area contributed by atoms with Crippen molar-refractivity contribution >= 4 is 17.4 Å². The van der Waals surface area contributed by atoms with Crippen molar-refractivity contribution in [1.29, 1.82) is 0 Å². The van der Waals surface area contributed by atoms with Gasteiger partial charge in [0.05, 0.1) is 13.2 Å². The van der Waals surface area contributed by atoms with E-state index < -0.39 is 0 Å². The number of aryl methyl sites for hydroxylation is 3. The standard InChI is InChI=1S/C18H22N4O2/c1-12-8-13(2)10-15(9-12)21-17-11-16(19-14(3)20-17)18(23)22-4-6-24-7-5-22/h8-11H,4-7H2,1-3H3,(H,19,20,21). The molecule has 0 bridgehead atoms. The first-order chi connectivity index (χ1) is 11.5. The Kier molecular flexibility index (Phi) is 4.76. The van der Waals surface area contributed by atoms with E-state index in [2.05, 4.69) is 35.2 Å². The molecule has 2 aromatic rings. The number of rotatable bonds is 3. The largest absolute Gasteiger partial charge is 0.378 e. The molecule has 0 unspecified atom stereocenters. The molecule has 126 valence electrons. The Labute approximate surface area is 141 Å². The second kappa shape index (κ2) is 6.97. The van der Waals surface area contributed by atoms with E-state index >= 15 is 0 Å². The van der Waals surface area contributed by atoms with E-state index in [1.807, 2.05) is 12.1 Å². The van der Waals surface area contributed by atoms with Crippen molar-refractivity contribution in [2.24, 2.45) is 0 Å². The zero-order valence-corrected chi connectivity index (χ0v) is 14.3. The average Bonchev–Trinajstić information content (AvgIpc) is 2.53. The van der Waals surface area contributed by atoms with Crippen LogP contribution >= 0.6 is 0 Å². The molecule has 0 atom stereocenters. The number of morpholine rings is 1. The molecule has 24 heavy (non-hydrogen) atoms. The van der Waals surface area contributed by atoms with Crippen molar-refractivity contribution in [3.8, 4) is 0 Å². The summed E-state index contributed by atoms with van der Waals surface area (Å²) in [7, 11) is 0. The Morgan fingerprint density at radius 2 is 1.71 bits per heavy atom. The van der Waals surface area contributed by atoms with Crippen molar-refractivity contribution in [2.75, 3.05) is 31.6 Å². The highest BCUT2D eigenvalue weighted by Gasteiger charge is 2.20. The number of ether oxygens (including phenoxy) is 1. The van der Waals surface area contributed by atoms with Crippen LogP contribution < -0.4 is 5.32 Å². The molecule has 1 aliphatic rings. The molecule has 3 rings (SSSR count). The maximum absolute atomic E-state index is 12.6. The molecular formula is C18H22N4O2. The van der Waals surface area contributed by atoms with Gasteiger partial charge in [-0.05, 0) is 44.0 Å². The fraction of sp³-hybridized carbons (Fsp3) is 0.389. The minimum Gasteiger partial charge on any atom is -0.378 e. The maximum Gasteiger partial charge on any atom is 0.272 e. The summed E-state index contributed by atoms with van der Waals surface area (Å²) >= 11 is 0. The lowest BCUT2D eigenvalue weighted by molar-refractivity contribution is 0.0299. The summed E-state index contributed by atoms with van der Waals surface area (Å²) in [5.74, 6) is 1.12. The van der Waals surface area contributed by atoms with Crippen molar-refractivity contribution < 1.29 is 9.53 Å². The molecule has 1 amide bonds. The SMILES string of the molecule is Cc1cc(C)cc(Nc2cc(C(=O)N3CCOCC3)nc(C)n2)c1. The molecule has 0 radical (unpaired) electrons. The van der Waals surface area contributed by atoms with Crippen LogP contribution in [0.25, 0.3) is 0 Å². The smallest absolute Gasteiger partial charge is 0.272 e. The summed E-state index contributed by atoms with van der Waals surface area (Å²) in [6.07, 6.45) is 0. The van der Waals surface area contributed by atoms with Crippen molar-refractivity contribution in [1.82, 2.24) is 14.9 Å². The average molecular weight is 326 g/mol. The number of aromatic nitrogens is 2. The number of hydrogen-bond acceptors (Lipinski definition) is 5. The number of anilines is 2. The van der Waals surface area contributed by atoms with Crippen LogP contribution in [-0.4, -0.2) is 47.1 Å². The molecule has 1 aliphatic heterocycles. The summed E-state index contributed by atoms with van der Waals surface area (Å²) in [5, 5.41) is 3.28. The van der Waals surface area contributed by atoms with E-state index in [1.165, 1.54) is 11.1 Å². The van der Waals surface area contributed by atoms with Gasteiger partial charge in [0.1, 0.15) is 17.3 Å². The third kappa shape index (κ3) is 3.89. The summed E-state index contributed by atoms with van der Waals surface area (Å²) in [5.41, 5.74) is 3.72. The number of carbonyl (C=O) groups is 1. The van der Waals surface area contributed by atoms with Gasteiger partial charge in [0.2, 0.25) is 0 Å². The first-order valence-electron chi connectivity index (χ1n) is 8.09. The van der Waals surface area contributed by atoms with Gasteiger partial charge in [0.15, 0.2) is 0 Å². The van der Waals surface area contributed by atoms with Crippen LogP contribution in [0.1, 0.15) is 27.4 Å². The van der Waals surface area contributed by atoms with Crippen LogP contribution in [0.3, 0.4) is 0 Å². The van der Waals surface area contributed by atoms with Crippen LogP contribution in [0, 0.1) is 20.8 Å². The Bertz CT molecular complexity index is 734. The van der Waals surface area contributed by atoms with Gasteiger partial charge in [-0.2, -0.15) is 0 Å².